The number of hydrogen-bond donors (Lipinski definition) is 0. The average molecular weight is 256 g/mol. The molecular weight excluding hydrogens is 240 g/mol. The van der Waals surface area contributed by atoms with Crippen molar-refractivity contribution >= 4 is 11.6 Å². The molecule has 1 saturated heterocycles. The Morgan fingerprint density at radius 1 is 1.05 bits per heavy atom. The number of carbonyl (C=O) groups is 2. The summed E-state index contributed by atoms with van der Waals surface area (Å²) >= 11 is 0. The summed E-state index contributed by atoms with van der Waals surface area (Å²) < 4.78 is 5.79. The minimum Gasteiger partial charge on any atom is -0.377 e. The lowest BCUT2D eigenvalue weighted by Gasteiger charge is -2.41. The minimum absolute atomic E-state index is 0.0245. The summed E-state index contributed by atoms with van der Waals surface area (Å²) in [7, 11) is 0. The van der Waals surface area contributed by atoms with Crippen LogP contribution in [0.3, 0.4) is 0 Å². The van der Waals surface area contributed by atoms with E-state index in [1.165, 1.54) is 5.56 Å². The van der Waals surface area contributed by atoms with Gasteiger partial charge in [0.1, 0.15) is 0 Å². The third kappa shape index (κ3) is 1.48. The number of aryl methyl sites for hydroxylation is 1. The molecule has 0 radical (unpaired) electrons. The van der Waals surface area contributed by atoms with Gasteiger partial charge in [0, 0.05) is 12.5 Å². The fourth-order valence-electron chi connectivity index (χ4n) is 4.12. The maximum Gasteiger partial charge on any atom is 0.206 e. The highest BCUT2D eigenvalue weighted by Crippen LogP contribution is 2.47. The molecule has 1 heterocycles. The maximum absolute atomic E-state index is 12.5. The van der Waals surface area contributed by atoms with Crippen molar-refractivity contribution in [1.82, 2.24) is 0 Å². The predicted octanol–water partition coefficient (Wildman–Crippen LogP) is 1.89. The molecule has 0 amide bonds. The molecule has 1 aromatic rings. The summed E-state index contributed by atoms with van der Waals surface area (Å²) in [5.41, 5.74) is 2.28. The summed E-state index contributed by atoms with van der Waals surface area (Å²) in [5.74, 6) is -0.590. The van der Waals surface area contributed by atoms with Crippen molar-refractivity contribution in [2.24, 2.45) is 11.8 Å². The fraction of sp³-hybridized carbons (Fsp3) is 0.500. The lowest BCUT2D eigenvalue weighted by molar-refractivity contribution is -0.147. The van der Waals surface area contributed by atoms with Crippen molar-refractivity contribution < 1.29 is 14.3 Å². The number of ketones is 2. The molecule has 3 nitrogen and oxygen atoms in total. The van der Waals surface area contributed by atoms with E-state index < -0.39 is 0 Å². The third-order valence-electron chi connectivity index (χ3n) is 4.99. The summed E-state index contributed by atoms with van der Waals surface area (Å²) in [6.07, 6.45) is 2.65. The zero-order chi connectivity index (χ0) is 13.0. The quantitative estimate of drug-likeness (QED) is 0.666. The van der Waals surface area contributed by atoms with Crippen LogP contribution in [0.15, 0.2) is 24.3 Å². The number of fused-ring (bicyclic) bond motifs is 5. The first kappa shape index (κ1) is 11.4. The van der Waals surface area contributed by atoms with Crippen molar-refractivity contribution in [2.45, 2.75) is 31.3 Å². The molecule has 2 aliphatic carbocycles. The molecule has 0 N–H and O–H groups in total. The SMILES string of the molecule is O=C1C(=O)C2c3ccccc3CCC2C2OCCC12. The van der Waals surface area contributed by atoms with Crippen molar-refractivity contribution in [3.63, 3.8) is 0 Å². The summed E-state index contributed by atoms with van der Waals surface area (Å²) in [6.45, 7) is 0.624. The number of ether oxygens (including phenoxy) is 1. The van der Waals surface area contributed by atoms with Gasteiger partial charge < -0.3 is 4.74 Å². The fourth-order valence-corrected chi connectivity index (χ4v) is 4.12. The Labute approximate surface area is 111 Å². The predicted molar refractivity (Wildman–Crippen MR) is 68.9 cm³/mol. The molecule has 19 heavy (non-hydrogen) atoms. The molecule has 0 bridgehead atoms. The van der Waals surface area contributed by atoms with Gasteiger partial charge in [0.2, 0.25) is 11.6 Å². The smallest absolute Gasteiger partial charge is 0.206 e. The highest BCUT2D eigenvalue weighted by molar-refractivity contribution is 6.41. The minimum atomic E-state index is -0.253. The van der Waals surface area contributed by atoms with Gasteiger partial charge in [-0.2, -0.15) is 0 Å². The molecule has 1 saturated carbocycles. The Morgan fingerprint density at radius 2 is 1.89 bits per heavy atom. The van der Waals surface area contributed by atoms with Gasteiger partial charge >= 0.3 is 0 Å². The van der Waals surface area contributed by atoms with E-state index in [0.717, 1.165) is 24.8 Å². The molecule has 3 heteroatoms. The second-order valence-electron chi connectivity index (χ2n) is 5.84. The molecule has 4 unspecified atom stereocenters. The summed E-state index contributed by atoms with van der Waals surface area (Å²) in [4.78, 5) is 24.7. The largest absolute Gasteiger partial charge is 0.377 e. The Balaban J connectivity index is 1.83. The second kappa shape index (κ2) is 4.01. The van der Waals surface area contributed by atoms with Gasteiger partial charge in [-0.05, 0) is 30.4 Å². The van der Waals surface area contributed by atoms with E-state index in [1.807, 2.05) is 18.2 Å². The van der Waals surface area contributed by atoms with Gasteiger partial charge in [-0.3, -0.25) is 9.59 Å². The first-order valence-electron chi connectivity index (χ1n) is 7.05. The summed E-state index contributed by atoms with van der Waals surface area (Å²) in [6, 6.07) is 8.04. The van der Waals surface area contributed by atoms with Crippen molar-refractivity contribution in [2.75, 3.05) is 6.61 Å². The zero-order valence-electron chi connectivity index (χ0n) is 10.7. The Morgan fingerprint density at radius 3 is 2.79 bits per heavy atom. The van der Waals surface area contributed by atoms with E-state index in [4.69, 9.17) is 4.74 Å². The number of hydrogen-bond acceptors (Lipinski definition) is 3. The molecule has 1 aromatic carbocycles. The van der Waals surface area contributed by atoms with Crippen LogP contribution in [-0.2, 0) is 20.7 Å². The monoisotopic (exact) mass is 256 g/mol. The Kier molecular flexibility index (Phi) is 2.39. The van der Waals surface area contributed by atoms with Gasteiger partial charge in [0.25, 0.3) is 0 Å². The first-order valence-corrected chi connectivity index (χ1v) is 7.05. The molecule has 2 fully saturated rings. The van der Waals surface area contributed by atoms with E-state index in [9.17, 15) is 9.59 Å². The third-order valence-corrected chi connectivity index (χ3v) is 4.99. The molecule has 0 aromatic heterocycles. The van der Waals surface area contributed by atoms with E-state index in [1.54, 1.807) is 0 Å². The average Bonchev–Trinajstić information content (AvgIpc) is 2.93. The zero-order valence-corrected chi connectivity index (χ0v) is 10.7. The van der Waals surface area contributed by atoms with E-state index in [-0.39, 0.29) is 35.4 Å². The number of rotatable bonds is 0. The number of carbonyl (C=O) groups excluding carboxylic acids is 2. The van der Waals surface area contributed by atoms with Crippen LogP contribution in [0.2, 0.25) is 0 Å². The molecule has 1 aliphatic heterocycles. The molecule has 3 aliphatic rings. The summed E-state index contributed by atoms with van der Waals surface area (Å²) in [5, 5.41) is 0. The lowest BCUT2D eigenvalue weighted by Crippen LogP contribution is -2.49. The standard InChI is InChI=1S/C16H16O3/c17-14-12-7-8-19-16(12)11-6-5-9-3-1-2-4-10(9)13(11)15(14)18/h1-4,11-13,16H,5-8H2. The Hall–Kier alpha value is -1.48. The van der Waals surface area contributed by atoms with Gasteiger partial charge in [0.05, 0.1) is 17.9 Å². The van der Waals surface area contributed by atoms with Gasteiger partial charge in [-0.15, -0.1) is 0 Å². The van der Waals surface area contributed by atoms with Crippen molar-refractivity contribution in [3.05, 3.63) is 35.4 Å². The van der Waals surface area contributed by atoms with Crippen LogP contribution >= 0.6 is 0 Å². The molecular formula is C16H16O3. The topological polar surface area (TPSA) is 43.4 Å². The maximum atomic E-state index is 12.5. The van der Waals surface area contributed by atoms with Crippen molar-refractivity contribution in [1.29, 1.82) is 0 Å². The van der Waals surface area contributed by atoms with Gasteiger partial charge in [-0.1, -0.05) is 24.3 Å². The van der Waals surface area contributed by atoms with Crippen LogP contribution in [0.4, 0.5) is 0 Å². The number of Topliss-reactive ketones (excluding diaryl/α,β-unsaturated/α-hetero) is 2. The van der Waals surface area contributed by atoms with Crippen LogP contribution in [0.25, 0.3) is 0 Å². The van der Waals surface area contributed by atoms with Crippen LogP contribution in [0, 0.1) is 11.8 Å². The van der Waals surface area contributed by atoms with Crippen LogP contribution < -0.4 is 0 Å². The Bertz CT molecular complexity index is 563. The normalized spacial score (nSPS) is 36.6. The second-order valence-corrected chi connectivity index (χ2v) is 5.84. The lowest BCUT2D eigenvalue weighted by atomic mass is 9.63. The molecule has 4 rings (SSSR count). The van der Waals surface area contributed by atoms with Crippen LogP contribution in [0.1, 0.15) is 29.9 Å². The van der Waals surface area contributed by atoms with E-state index >= 15 is 0 Å². The highest BCUT2D eigenvalue weighted by Gasteiger charge is 2.53. The molecule has 98 valence electrons. The van der Waals surface area contributed by atoms with Gasteiger partial charge in [0.15, 0.2) is 0 Å². The number of benzene rings is 1. The first-order chi connectivity index (χ1) is 9.27. The van der Waals surface area contributed by atoms with Crippen molar-refractivity contribution in [3.8, 4) is 0 Å². The van der Waals surface area contributed by atoms with Crippen LogP contribution in [0.5, 0.6) is 0 Å². The highest BCUT2D eigenvalue weighted by atomic mass is 16.5. The van der Waals surface area contributed by atoms with Crippen LogP contribution in [-0.4, -0.2) is 24.3 Å². The van der Waals surface area contributed by atoms with E-state index in [0.29, 0.717) is 6.61 Å². The molecule has 4 atom stereocenters. The molecule has 0 spiro atoms. The van der Waals surface area contributed by atoms with E-state index in [2.05, 4.69) is 6.07 Å². The van der Waals surface area contributed by atoms with Gasteiger partial charge in [-0.25, -0.2) is 0 Å².